The molecule has 0 heterocycles. The minimum absolute atomic E-state index is 0.109. The van der Waals surface area contributed by atoms with Gasteiger partial charge in [0.05, 0.1) is 0 Å². The van der Waals surface area contributed by atoms with Crippen molar-refractivity contribution >= 4 is 5.57 Å². The van der Waals surface area contributed by atoms with Crippen molar-refractivity contribution in [3.05, 3.63) is 77.6 Å². The molecule has 0 spiro atoms. The molecule has 1 aliphatic carbocycles. The molecule has 2 aromatic rings. The highest BCUT2D eigenvalue weighted by atomic mass is 19.1. The van der Waals surface area contributed by atoms with Gasteiger partial charge in [-0.05, 0) is 91.4 Å². The molecular formula is C31H43F. The summed E-state index contributed by atoms with van der Waals surface area (Å²) >= 11 is 0. The van der Waals surface area contributed by atoms with E-state index in [0.717, 1.165) is 36.3 Å². The van der Waals surface area contributed by atoms with E-state index in [1.807, 2.05) is 12.1 Å². The summed E-state index contributed by atoms with van der Waals surface area (Å²) in [4.78, 5) is 0. The number of hydrogen-bond acceptors (Lipinski definition) is 0. The molecule has 1 heteroatoms. The number of benzene rings is 2. The van der Waals surface area contributed by atoms with Crippen molar-refractivity contribution < 1.29 is 4.39 Å². The van der Waals surface area contributed by atoms with Crippen LogP contribution in [0, 0.1) is 17.2 Å². The van der Waals surface area contributed by atoms with Crippen LogP contribution in [0.2, 0.25) is 0 Å². The Hall–Kier alpha value is -1.89. The van der Waals surface area contributed by atoms with Crippen LogP contribution in [-0.2, 0) is 6.42 Å². The van der Waals surface area contributed by atoms with Crippen LogP contribution in [0.4, 0.5) is 4.39 Å². The molecule has 3 atom stereocenters. The Morgan fingerprint density at radius 2 is 1.78 bits per heavy atom. The Morgan fingerprint density at radius 3 is 2.44 bits per heavy atom. The molecule has 0 radical (unpaired) electrons. The van der Waals surface area contributed by atoms with E-state index in [0.29, 0.717) is 16.9 Å². The molecule has 1 fully saturated rings. The largest absolute Gasteiger partial charge is 0.206 e. The maximum Gasteiger partial charge on any atom is 0.130 e. The molecule has 32 heavy (non-hydrogen) atoms. The Balaban J connectivity index is 1.71. The van der Waals surface area contributed by atoms with Gasteiger partial charge in [0.2, 0.25) is 0 Å². The maximum atomic E-state index is 14.6. The molecule has 0 nitrogen and oxygen atoms in total. The van der Waals surface area contributed by atoms with E-state index in [4.69, 9.17) is 0 Å². The van der Waals surface area contributed by atoms with Crippen LogP contribution in [-0.4, -0.2) is 0 Å². The van der Waals surface area contributed by atoms with Gasteiger partial charge in [0.25, 0.3) is 0 Å². The maximum absolute atomic E-state index is 14.6. The van der Waals surface area contributed by atoms with Gasteiger partial charge in [0, 0.05) is 5.56 Å². The monoisotopic (exact) mass is 434 g/mol. The first-order valence-electron chi connectivity index (χ1n) is 13.0. The van der Waals surface area contributed by atoms with Crippen LogP contribution in [0.1, 0.15) is 108 Å². The zero-order chi connectivity index (χ0) is 23.0. The smallest absolute Gasteiger partial charge is 0.130 e. The first kappa shape index (κ1) is 24.7. The standard InChI is InChI=1S/C31H43F/c1-5-12-26-20-28(27-14-9-8-10-15-27)23-31(22-26,18-6-2)19-11-13-24(4)29-17-16-25(7-3)21-30(29)32/h8-10,14-17,21,26,28H,4-7,11-13,18-20,22-23H2,1-3H3. The Morgan fingerprint density at radius 1 is 1.00 bits per heavy atom. The van der Waals surface area contributed by atoms with Crippen LogP contribution in [0.25, 0.3) is 5.57 Å². The molecule has 2 aromatic carbocycles. The number of rotatable bonds is 11. The van der Waals surface area contributed by atoms with Gasteiger partial charge in [-0.1, -0.05) is 89.1 Å². The van der Waals surface area contributed by atoms with E-state index < -0.39 is 0 Å². The summed E-state index contributed by atoms with van der Waals surface area (Å²) < 4.78 is 14.6. The third kappa shape index (κ3) is 6.33. The van der Waals surface area contributed by atoms with Crippen molar-refractivity contribution in [3.8, 4) is 0 Å². The topological polar surface area (TPSA) is 0 Å². The lowest BCUT2D eigenvalue weighted by molar-refractivity contribution is 0.0894. The summed E-state index contributed by atoms with van der Waals surface area (Å²) in [6.45, 7) is 11.0. The van der Waals surface area contributed by atoms with Gasteiger partial charge in [-0.2, -0.15) is 0 Å². The molecule has 1 aliphatic rings. The molecule has 174 valence electrons. The van der Waals surface area contributed by atoms with Crippen LogP contribution in [0.3, 0.4) is 0 Å². The summed E-state index contributed by atoms with van der Waals surface area (Å²) in [6.07, 6.45) is 13.3. The first-order valence-corrected chi connectivity index (χ1v) is 13.0. The lowest BCUT2D eigenvalue weighted by Gasteiger charge is -2.45. The Kier molecular flexibility index (Phi) is 9.14. The highest BCUT2D eigenvalue weighted by Crippen LogP contribution is 2.53. The van der Waals surface area contributed by atoms with Gasteiger partial charge in [0.1, 0.15) is 5.82 Å². The zero-order valence-corrected chi connectivity index (χ0v) is 20.6. The average Bonchev–Trinajstić information content (AvgIpc) is 2.79. The van der Waals surface area contributed by atoms with Crippen molar-refractivity contribution in [1.82, 2.24) is 0 Å². The molecule has 0 saturated heterocycles. The molecule has 1 saturated carbocycles. The second kappa shape index (κ2) is 11.8. The third-order valence-electron chi connectivity index (χ3n) is 7.78. The summed E-state index contributed by atoms with van der Waals surface area (Å²) in [5.74, 6) is 1.39. The zero-order valence-electron chi connectivity index (χ0n) is 20.6. The van der Waals surface area contributed by atoms with Crippen LogP contribution in [0.5, 0.6) is 0 Å². The van der Waals surface area contributed by atoms with Crippen molar-refractivity contribution in [2.24, 2.45) is 11.3 Å². The minimum atomic E-state index is -0.109. The van der Waals surface area contributed by atoms with E-state index in [9.17, 15) is 4.39 Å². The number of aryl methyl sites for hydroxylation is 1. The number of halogens is 1. The van der Waals surface area contributed by atoms with E-state index in [2.05, 4.69) is 57.7 Å². The van der Waals surface area contributed by atoms with Crippen molar-refractivity contribution in [2.75, 3.05) is 0 Å². The van der Waals surface area contributed by atoms with Gasteiger partial charge in [-0.3, -0.25) is 0 Å². The SMILES string of the molecule is C=C(CCCC1(CCC)CC(CCC)CC(c2ccccc2)C1)c1ccc(CC)cc1F. The summed E-state index contributed by atoms with van der Waals surface area (Å²) in [6, 6.07) is 16.9. The Bertz CT molecular complexity index is 852. The number of hydrogen-bond donors (Lipinski definition) is 0. The second-order valence-corrected chi connectivity index (χ2v) is 10.3. The minimum Gasteiger partial charge on any atom is -0.206 e. The molecule has 0 amide bonds. The second-order valence-electron chi connectivity index (χ2n) is 10.3. The highest BCUT2D eigenvalue weighted by molar-refractivity contribution is 5.64. The van der Waals surface area contributed by atoms with E-state index >= 15 is 0 Å². The van der Waals surface area contributed by atoms with Crippen molar-refractivity contribution in [3.63, 3.8) is 0 Å². The summed E-state index contributed by atoms with van der Waals surface area (Å²) in [5.41, 5.74) is 4.66. The number of allylic oxidation sites excluding steroid dienone is 1. The van der Waals surface area contributed by atoms with E-state index in [1.165, 1.54) is 56.9 Å². The van der Waals surface area contributed by atoms with Crippen molar-refractivity contribution in [1.29, 1.82) is 0 Å². The fourth-order valence-corrected chi connectivity index (χ4v) is 6.34. The fraction of sp³-hybridized carbons (Fsp3) is 0.548. The lowest BCUT2D eigenvalue weighted by Crippen LogP contribution is -2.33. The van der Waals surface area contributed by atoms with Gasteiger partial charge in [-0.15, -0.1) is 0 Å². The van der Waals surface area contributed by atoms with Gasteiger partial charge in [0.15, 0.2) is 0 Å². The summed E-state index contributed by atoms with van der Waals surface area (Å²) in [5, 5.41) is 0. The average molecular weight is 435 g/mol. The lowest BCUT2D eigenvalue weighted by atomic mass is 9.59. The highest BCUT2D eigenvalue weighted by Gasteiger charge is 2.39. The van der Waals surface area contributed by atoms with E-state index in [-0.39, 0.29) is 5.82 Å². The van der Waals surface area contributed by atoms with Crippen LogP contribution in [0.15, 0.2) is 55.1 Å². The first-order chi connectivity index (χ1) is 15.5. The van der Waals surface area contributed by atoms with Gasteiger partial charge >= 0.3 is 0 Å². The van der Waals surface area contributed by atoms with Gasteiger partial charge in [-0.25, -0.2) is 4.39 Å². The molecule has 0 aliphatic heterocycles. The molecule has 3 unspecified atom stereocenters. The summed E-state index contributed by atoms with van der Waals surface area (Å²) in [7, 11) is 0. The molecular weight excluding hydrogens is 391 g/mol. The molecule has 3 rings (SSSR count). The van der Waals surface area contributed by atoms with Crippen LogP contribution >= 0.6 is 0 Å². The van der Waals surface area contributed by atoms with E-state index in [1.54, 1.807) is 6.07 Å². The third-order valence-corrected chi connectivity index (χ3v) is 7.78. The predicted octanol–water partition coefficient (Wildman–Crippen LogP) is 9.74. The van der Waals surface area contributed by atoms with Gasteiger partial charge < -0.3 is 0 Å². The predicted molar refractivity (Wildman–Crippen MR) is 137 cm³/mol. The van der Waals surface area contributed by atoms with Crippen LogP contribution < -0.4 is 0 Å². The van der Waals surface area contributed by atoms with Crippen molar-refractivity contribution in [2.45, 2.75) is 97.3 Å². The fourth-order valence-electron chi connectivity index (χ4n) is 6.34. The molecule has 0 aromatic heterocycles. The molecule has 0 N–H and O–H groups in total. The normalized spacial score (nSPS) is 23.2. The quantitative estimate of drug-likeness (QED) is 0.330. The molecule has 0 bridgehead atoms. The Labute approximate surface area is 196 Å².